The molecule has 0 aliphatic heterocycles. The van der Waals surface area contributed by atoms with Crippen LogP contribution in [0.5, 0.6) is 23.0 Å². The number of ether oxygens (including phenoxy) is 3. The van der Waals surface area contributed by atoms with E-state index in [9.17, 15) is 5.11 Å². The maximum absolute atomic E-state index is 10.5. The first-order valence-corrected chi connectivity index (χ1v) is 11.2. The van der Waals surface area contributed by atoms with Crippen LogP contribution in [0, 0.1) is 36.1 Å². The van der Waals surface area contributed by atoms with E-state index in [1.807, 2.05) is 30.3 Å². The zero-order chi connectivity index (χ0) is 26.0. The van der Waals surface area contributed by atoms with Gasteiger partial charge in [0.2, 0.25) is 5.75 Å². The molecule has 0 unspecified atom stereocenters. The highest BCUT2D eigenvalue weighted by molar-refractivity contribution is 5.72. The summed E-state index contributed by atoms with van der Waals surface area (Å²) in [6.45, 7) is 4.93. The highest BCUT2D eigenvalue weighted by atomic mass is 16.5. The first-order chi connectivity index (χ1) is 18.1. The molecule has 7 heteroatoms. The van der Waals surface area contributed by atoms with E-state index in [2.05, 4.69) is 46.0 Å². The minimum Gasteiger partial charge on any atom is -0.507 e. The van der Waals surface area contributed by atoms with Crippen molar-refractivity contribution < 1.29 is 19.3 Å². The third-order valence-electron chi connectivity index (χ3n) is 4.87. The summed E-state index contributed by atoms with van der Waals surface area (Å²) in [5, 5.41) is 10.5. The number of para-hydroxylation sites is 1. The molecule has 4 aromatic rings. The van der Waals surface area contributed by atoms with Crippen LogP contribution in [0.25, 0.3) is 34.2 Å². The maximum Gasteiger partial charge on any atom is 0.227 e. The van der Waals surface area contributed by atoms with Crippen molar-refractivity contribution in [3.8, 4) is 93.2 Å². The molecule has 1 N–H and O–H groups in total. The van der Waals surface area contributed by atoms with Crippen LogP contribution in [0.15, 0.2) is 66.7 Å². The summed E-state index contributed by atoms with van der Waals surface area (Å²) in [5.74, 6) is 9.82. The lowest BCUT2D eigenvalue weighted by molar-refractivity contribution is 0.418. The summed E-state index contributed by atoms with van der Waals surface area (Å²) in [4.78, 5) is 14.0. The number of benzene rings is 3. The van der Waals surface area contributed by atoms with E-state index >= 15 is 0 Å². The largest absolute Gasteiger partial charge is 0.507 e. The molecule has 0 saturated carbocycles. The average Bonchev–Trinajstić information content (AvgIpc) is 2.94. The number of nitrogens with zero attached hydrogens (tertiary/aromatic N) is 3. The summed E-state index contributed by atoms with van der Waals surface area (Å²) in [6.07, 6.45) is 7.69. The molecule has 0 aliphatic rings. The van der Waals surface area contributed by atoms with Gasteiger partial charge in [-0.05, 0) is 24.3 Å². The Balaban J connectivity index is 1.98. The van der Waals surface area contributed by atoms with Crippen molar-refractivity contribution in [1.29, 1.82) is 0 Å². The molecule has 37 heavy (non-hydrogen) atoms. The average molecular weight is 488 g/mol. The number of hydrogen-bond acceptors (Lipinski definition) is 7. The topological polar surface area (TPSA) is 86.6 Å². The third-order valence-corrected chi connectivity index (χ3v) is 4.87. The van der Waals surface area contributed by atoms with Crippen LogP contribution in [0.3, 0.4) is 0 Å². The summed E-state index contributed by atoms with van der Waals surface area (Å²) in [5.41, 5.74) is 1.76. The van der Waals surface area contributed by atoms with Gasteiger partial charge in [0.25, 0.3) is 0 Å². The van der Waals surface area contributed by atoms with E-state index in [0.717, 1.165) is 5.56 Å². The molecule has 0 bridgehead atoms. The van der Waals surface area contributed by atoms with Crippen LogP contribution in [-0.4, -0.2) is 20.1 Å². The highest BCUT2D eigenvalue weighted by Crippen LogP contribution is 2.41. The summed E-state index contributed by atoms with van der Waals surface area (Å²) >= 11 is 0. The molecule has 1 aromatic heterocycles. The van der Waals surface area contributed by atoms with Crippen molar-refractivity contribution >= 4 is 0 Å². The SMILES string of the molecule is CC#COc1cc(-c2nc(-c3ccccc3)nc(-c3ccccc3O)n2)cc(OC#CC)c1OC#CC. The van der Waals surface area contributed by atoms with Crippen molar-refractivity contribution in [2.24, 2.45) is 0 Å². The van der Waals surface area contributed by atoms with Gasteiger partial charge in [0.1, 0.15) is 24.1 Å². The number of aromatic nitrogens is 3. The number of phenolic OH excluding ortho intramolecular Hbond substituents is 1. The van der Waals surface area contributed by atoms with Crippen molar-refractivity contribution in [3.63, 3.8) is 0 Å². The second-order valence-corrected chi connectivity index (χ2v) is 7.35. The van der Waals surface area contributed by atoms with Gasteiger partial charge in [-0.1, -0.05) is 60.2 Å². The molecule has 0 amide bonds. The van der Waals surface area contributed by atoms with Crippen LogP contribution in [0.2, 0.25) is 0 Å². The van der Waals surface area contributed by atoms with Gasteiger partial charge >= 0.3 is 0 Å². The van der Waals surface area contributed by atoms with E-state index in [0.29, 0.717) is 28.6 Å². The quantitative estimate of drug-likeness (QED) is 0.351. The Hall–Kier alpha value is -5.45. The number of phenols is 1. The van der Waals surface area contributed by atoms with Crippen molar-refractivity contribution in [3.05, 3.63) is 66.7 Å². The number of rotatable bonds is 6. The first-order valence-electron chi connectivity index (χ1n) is 11.2. The third kappa shape index (κ3) is 5.80. The fraction of sp³-hybridized carbons (Fsp3) is 0.100. The van der Waals surface area contributed by atoms with Crippen molar-refractivity contribution in [1.82, 2.24) is 15.0 Å². The molecule has 0 atom stereocenters. The lowest BCUT2D eigenvalue weighted by Gasteiger charge is -2.13. The first kappa shape index (κ1) is 24.7. The number of hydrogen-bond donors (Lipinski definition) is 1. The Morgan fingerprint density at radius 3 is 1.70 bits per heavy atom. The lowest BCUT2D eigenvalue weighted by Crippen LogP contribution is -2.01. The smallest absolute Gasteiger partial charge is 0.227 e. The van der Waals surface area contributed by atoms with E-state index in [1.54, 1.807) is 57.2 Å². The Morgan fingerprint density at radius 2 is 1.11 bits per heavy atom. The van der Waals surface area contributed by atoms with Crippen molar-refractivity contribution in [2.75, 3.05) is 0 Å². The van der Waals surface area contributed by atoms with E-state index in [4.69, 9.17) is 19.2 Å². The molecule has 4 rings (SSSR count). The fourth-order valence-corrected chi connectivity index (χ4v) is 3.28. The predicted molar refractivity (Wildman–Crippen MR) is 140 cm³/mol. The molecule has 0 saturated heterocycles. The van der Waals surface area contributed by atoms with Crippen LogP contribution in [0.1, 0.15) is 20.8 Å². The second kappa shape index (κ2) is 11.8. The predicted octanol–water partition coefficient (Wildman–Crippen LogP) is 5.66. The van der Waals surface area contributed by atoms with E-state index < -0.39 is 0 Å². The minimum absolute atomic E-state index is 0.0463. The summed E-state index contributed by atoms with van der Waals surface area (Å²) in [6, 6.07) is 19.7. The Kier molecular flexibility index (Phi) is 7.87. The summed E-state index contributed by atoms with van der Waals surface area (Å²) in [7, 11) is 0. The van der Waals surface area contributed by atoms with Gasteiger partial charge in [-0.3, -0.25) is 0 Å². The molecule has 7 nitrogen and oxygen atoms in total. The molecular weight excluding hydrogens is 466 g/mol. The van der Waals surface area contributed by atoms with Crippen LogP contribution in [0.4, 0.5) is 0 Å². The van der Waals surface area contributed by atoms with Crippen LogP contribution >= 0.6 is 0 Å². The zero-order valence-corrected chi connectivity index (χ0v) is 20.4. The molecule has 1 heterocycles. The molecular formula is C30H21N3O4. The Morgan fingerprint density at radius 1 is 0.595 bits per heavy atom. The fourth-order valence-electron chi connectivity index (χ4n) is 3.28. The van der Waals surface area contributed by atoms with E-state index in [-0.39, 0.29) is 23.0 Å². The van der Waals surface area contributed by atoms with E-state index in [1.165, 1.54) is 0 Å². The van der Waals surface area contributed by atoms with Crippen LogP contribution in [-0.2, 0) is 0 Å². The summed E-state index contributed by atoms with van der Waals surface area (Å²) < 4.78 is 16.8. The molecule has 0 spiro atoms. The van der Waals surface area contributed by atoms with Gasteiger partial charge in [0.15, 0.2) is 29.0 Å². The van der Waals surface area contributed by atoms with Gasteiger partial charge in [-0.15, -0.1) is 0 Å². The normalized spacial score (nSPS) is 9.49. The molecule has 0 aliphatic carbocycles. The van der Waals surface area contributed by atoms with Gasteiger partial charge in [0.05, 0.1) is 5.56 Å². The van der Waals surface area contributed by atoms with Gasteiger partial charge in [-0.25, -0.2) is 15.0 Å². The Bertz CT molecular complexity index is 1570. The van der Waals surface area contributed by atoms with Gasteiger partial charge < -0.3 is 19.3 Å². The van der Waals surface area contributed by atoms with Crippen molar-refractivity contribution in [2.45, 2.75) is 20.8 Å². The molecule has 180 valence electrons. The van der Waals surface area contributed by atoms with Crippen LogP contribution < -0.4 is 14.2 Å². The molecule has 3 aromatic carbocycles. The minimum atomic E-state index is 0.0463. The van der Waals surface area contributed by atoms with Gasteiger partial charge in [0, 0.05) is 31.9 Å². The maximum atomic E-state index is 10.5. The number of aromatic hydroxyl groups is 1. The highest BCUT2D eigenvalue weighted by Gasteiger charge is 2.20. The Labute approximate surface area is 215 Å². The standard InChI is InChI=1S/C30H21N3O4/c1-4-16-35-25-19-22(20-26(36-17-5-2)27(25)37-18-6-3)29-31-28(21-12-8-7-9-13-21)32-30(33-29)23-14-10-11-15-24(23)34/h7-15,19-20,34H,1-3H3. The zero-order valence-electron chi connectivity index (χ0n) is 20.4. The second-order valence-electron chi connectivity index (χ2n) is 7.35. The molecule has 0 fully saturated rings. The van der Waals surface area contributed by atoms with Gasteiger partial charge in [-0.2, -0.15) is 0 Å². The lowest BCUT2D eigenvalue weighted by atomic mass is 10.1. The molecule has 0 radical (unpaired) electrons. The monoisotopic (exact) mass is 487 g/mol.